The summed E-state index contributed by atoms with van der Waals surface area (Å²) >= 11 is 1.93. The van der Waals surface area contributed by atoms with Gasteiger partial charge in [0.2, 0.25) is 5.91 Å². The van der Waals surface area contributed by atoms with Gasteiger partial charge in [0.05, 0.1) is 5.41 Å². The van der Waals surface area contributed by atoms with E-state index >= 15 is 0 Å². The largest absolute Gasteiger partial charge is 0.353 e. The molecule has 17 heavy (non-hydrogen) atoms. The third-order valence-electron chi connectivity index (χ3n) is 4.48. The standard InChI is InChI=1S/C13H24N2OS/c1-17-11-5-2-4-10(8-11)15-12(16)13(9-14)6-3-7-13/h10-11H,2-9,14H2,1H3,(H,15,16). The highest BCUT2D eigenvalue weighted by molar-refractivity contribution is 7.99. The molecule has 0 aromatic heterocycles. The minimum Gasteiger partial charge on any atom is -0.353 e. The quantitative estimate of drug-likeness (QED) is 0.808. The second-order valence-corrected chi connectivity index (χ2v) is 6.67. The molecule has 98 valence electrons. The fourth-order valence-corrected chi connectivity index (χ4v) is 3.78. The van der Waals surface area contributed by atoms with Gasteiger partial charge in [-0.3, -0.25) is 4.79 Å². The van der Waals surface area contributed by atoms with Crippen LogP contribution in [0.15, 0.2) is 0 Å². The first-order valence-corrected chi connectivity index (χ1v) is 8.03. The Kier molecular flexibility index (Phi) is 4.36. The van der Waals surface area contributed by atoms with Crippen LogP contribution < -0.4 is 11.1 Å². The van der Waals surface area contributed by atoms with Crippen LogP contribution >= 0.6 is 11.8 Å². The summed E-state index contributed by atoms with van der Waals surface area (Å²) in [6.45, 7) is 0.511. The summed E-state index contributed by atoms with van der Waals surface area (Å²) in [5, 5.41) is 3.97. The van der Waals surface area contributed by atoms with Gasteiger partial charge in [0.15, 0.2) is 0 Å². The molecule has 2 saturated carbocycles. The maximum Gasteiger partial charge on any atom is 0.227 e. The van der Waals surface area contributed by atoms with E-state index in [0.717, 1.165) is 37.4 Å². The zero-order chi connectivity index (χ0) is 12.3. The highest BCUT2D eigenvalue weighted by Crippen LogP contribution is 2.40. The molecule has 2 rings (SSSR count). The predicted molar refractivity (Wildman–Crippen MR) is 73.0 cm³/mol. The van der Waals surface area contributed by atoms with Crippen molar-refractivity contribution in [2.45, 2.75) is 56.2 Å². The summed E-state index contributed by atoms with van der Waals surface area (Å²) in [5.41, 5.74) is 5.55. The number of carbonyl (C=O) groups excluding carboxylic acids is 1. The Balaban J connectivity index is 1.85. The monoisotopic (exact) mass is 256 g/mol. The molecule has 2 aliphatic carbocycles. The molecule has 2 unspecified atom stereocenters. The van der Waals surface area contributed by atoms with Crippen molar-refractivity contribution in [1.82, 2.24) is 5.32 Å². The van der Waals surface area contributed by atoms with Crippen LogP contribution in [0.2, 0.25) is 0 Å². The van der Waals surface area contributed by atoms with Crippen LogP contribution in [0.3, 0.4) is 0 Å². The Hall–Kier alpha value is -0.220. The summed E-state index contributed by atoms with van der Waals surface area (Å²) in [4.78, 5) is 12.2. The minimum atomic E-state index is -0.216. The number of hydrogen-bond donors (Lipinski definition) is 2. The Bertz CT molecular complexity index is 273. The molecule has 0 saturated heterocycles. The van der Waals surface area contributed by atoms with Crippen molar-refractivity contribution in [3.63, 3.8) is 0 Å². The lowest BCUT2D eigenvalue weighted by atomic mass is 9.68. The molecule has 3 N–H and O–H groups in total. The fourth-order valence-electron chi connectivity index (χ4n) is 2.96. The third kappa shape index (κ3) is 2.79. The first-order chi connectivity index (χ1) is 8.20. The van der Waals surface area contributed by atoms with E-state index in [2.05, 4.69) is 11.6 Å². The summed E-state index contributed by atoms with van der Waals surface area (Å²) in [6.07, 6.45) is 10.1. The molecular weight excluding hydrogens is 232 g/mol. The van der Waals surface area contributed by atoms with Gasteiger partial charge in [0.25, 0.3) is 0 Å². The van der Waals surface area contributed by atoms with Crippen molar-refractivity contribution < 1.29 is 4.79 Å². The number of carbonyl (C=O) groups is 1. The fraction of sp³-hybridized carbons (Fsp3) is 0.923. The van der Waals surface area contributed by atoms with Gasteiger partial charge < -0.3 is 11.1 Å². The van der Waals surface area contributed by atoms with Crippen LogP contribution in [0.1, 0.15) is 44.9 Å². The molecular formula is C13H24N2OS. The van der Waals surface area contributed by atoms with Gasteiger partial charge in [-0.05, 0) is 38.4 Å². The number of nitrogens with two attached hydrogens (primary N) is 1. The van der Waals surface area contributed by atoms with Crippen molar-refractivity contribution in [3.8, 4) is 0 Å². The molecule has 0 radical (unpaired) electrons. The van der Waals surface area contributed by atoms with Crippen LogP contribution in [-0.2, 0) is 4.79 Å². The zero-order valence-electron chi connectivity index (χ0n) is 10.7. The van der Waals surface area contributed by atoms with E-state index in [1.807, 2.05) is 11.8 Å². The third-order valence-corrected chi connectivity index (χ3v) is 5.57. The van der Waals surface area contributed by atoms with Crippen LogP contribution in [0.4, 0.5) is 0 Å². The Morgan fingerprint density at radius 3 is 2.71 bits per heavy atom. The molecule has 2 atom stereocenters. The van der Waals surface area contributed by atoms with E-state index in [9.17, 15) is 4.79 Å². The van der Waals surface area contributed by atoms with Crippen molar-refractivity contribution in [3.05, 3.63) is 0 Å². The van der Waals surface area contributed by atoms with E-state index in [-0.39, 0.29) is 11.3 Å². The first-order valence-electron chi connectivity index (χ1n) is 6.74. The minimum absolute atomic E-state index is 0.216. The Labute approximate surface area is 108 Å². The molecule has 2 aliphatic rings. The maximum atomic E-state index is 12.2. The highest BCUT2D eigenvalue weighted by atomic mass is 32.2. The average molecular weight is 256 g/mol. The second kappa shape index (κ2) is 5.61. The number of hydrogen-bond acceptors (Lipinski definition) is 3. The number of amides is 1. The van der Waals surface area contributed by atoms with E-state index in [4.69, 9.17) is 5.73 Å². The van der Waals surface area contributed by atoms with E-state index < -0.39 is 0 Å². The van der Waals surface area contributed by atoms with Crippen LogP contribution in [0.25, 0.3) is 0 Å². The summed E-state index contributed by atoms with van der Waals surface area (Å²) in [7, 11) is 0. The van der Waals surface area contributed by atoms with Crippen LogP contribution in [-0.4, -0.2) is 30.0 Å². The van der Waals surface area contributed by atoms with Crippen LogP contribution in [0, 0.1) is 5.41 Å². The lowest BCUT2D eigenvalue weighted by molar-refractivity contribution is -0.136. The molecule has 0 bridgehead atoms. The SMILES string of the molecule is CSC1CCCC(NC(=O)C2(CN)CCC2)C1. The van der Waals surface area contributed by atoms with E-state index in [1.165, 1.54) is 12.8 Å². The smallest absolute Gasteiger partial charge is 0.227 e. The van der Waals surface area contributed by atoms with Gasteiger partial charge in [-0.15, -0.1) is 0 Å². The van der Waals surface area contributed by atoms with Crippen molar-refractivity contribution in [2.75, 3.05) is 12.8 Å². The molecule has 0 aromatic carbocycles. The Morgan fingerprint density at radius 2 is 2.18 bits per heavy atom. The number of thioether (sulfide) groups is 1. The summed E-state index contributed by atoms with van der Waals surface area (Å²) < 4.78 is 0. The molecule has 1 amide bonds. The second-order valence-electron chi connectivity index (χ2n) is 5.53. The number of rotatable bonds is 4. The molecule has 2 fully saturated rings. The molecule has 0 heterocycles. The molecule has 0 aliphatic heterocycles. The van der Waals surface area contributed by atoms with Gasteiger partial charge in [0, 0.05) is 17.8 Å². The van der Waals surface area contributed by atoms with Crippen LogP contribution in [0.5, 0.6) is 0 Å². The van der Waals surface area contributed by atoms with Gasteiger partial charge in [-0.25, -0.2) is 0 Å². The van der Waals surface area contributed by atoms with Gasteiger partial charge in [-0.2, -0.15) is 11.8 Å². The zero-order valence-corrected chi connectivity index (χ0v) is 11.5. The van der Waals surface area contributed by atoms with E-state index in [1.54, 1.807) is 0 Å². The summed E-state index contributed by atoms with van der Waals surface area (Å²) in [6, 6.07) is 0.387. The van der Waals surface area contributed by atoms with Crippen molar-refractivity contribution >= 4 is 17.7 Å². The van der Waals surface area contributed by atoms with Gasteiger partial charge in [-0.1, -0.05) is 12.8 Å². The number of nitrogens with one attached hydrogen (secondary N) is 1. The lowest BCUT2D eigenvalue weighted by Crippen LogP contribution is -2.53. The Morgan fingerprint density at radius 1 is 1.41 bits per heavy atom. The van der Waals surface area contributed by atoms with Crippen molar-refractivity contribution in [2.24, 2.45) is 11.1 Å². The average Bonchev–Trinajstić information content (AvgIpc) is 2.28. The summed E-state index contributed by atoms with van der Waals surface area (Å²) in [5.74, 6) is 0.220. The highest BCUT2D eigenvalue weighted by Gasteiger charge is 2.43. The molecule has 3 nitrogen and oxygen atoms in total. The van der Waals surface area contributed by atoms with Gasteiger partial charge >= 0.3 is 0 Å². The molecule has 4 heteroatoms. The predicted octanol–water partition coefficient (Wildman–Crippen LogP) is 1.91. The lowest BCUT2D eigenvalue weighted by Gasteiger charge is -2.41. The first kappa shape index (κ1) is 13.2. The normalized spacial score (nSPS) is 31.6. The molecule has 0 spiro atoms. The topological polar surface area (TPSA) is 55.1 Å². The van der Waals surface area contributed by atoms with E-state index in [0.29, 0.717) is 12.6 Å². The maximum absolute atomic E-state index is 12.2. The molecule has 0 aromatic rings. The van der Waals surface area contributed by atoms with Gasteiger partial charge in [0.1, 0.15) is 0 Å². The van der Waals surface area contributed by atoms with Crippen molar-refractivity contribution in [1.29, 1.82) is 0 Å².